The van der Waals surface area contributed by atoms with Gasteiger partial charge in [0.2, 0.25) is 0 Å². The van der Waals surface area contributed by atoms with Gasteiger partial charge in [0, 0.05) is 6.07 Å². The fourth-order valence-electron chi connectivity index (χ4n) is 0.597. The molecule has 11 heavy (non-hydrogen) atoms. The third-order valence-electron chi connectivity index (χ3n) is 1.06. The molecule has 0 aromatic carbocycles. The summed E-state index contributed by atoms with van der Waals surface area (Å²) in [5, 5.41) is 17.8. The maximum absolute atomic E-state index is 10.3. The van der Waals surface area contributed by atoms with Crippen LogP contribution in [0.3, 0.4) is 0 Å². The van der Waals surface area contributed by atoms with E-state index >= 15 is 0 Å². The minimum atomic E-state index is -0.472. The Balaban J connectivity index is 3.12. The monoisotopic (exact) mass is 171 g/mol. The molecule has 0 N–H and O–H groups in total. The van der Waals surface area contributed by atoms with Crippen LogP contribution in [0.25, 0.3) is 0 Å². The van der Waals surface area contributed by atoms with Crippen LogP contribution < -0.4 is 0 Å². The highest BCUT2D eigenvalue weighted by molar-refractivity contribution is 7.98. The van der Waals surface area contributed by atoms with Gasteiger partial charge in [0.05, 0.1) is 11.1 Å². The van der Waals surface area contributed by atoms with E-state index in [2.05, 4.69) is 10.2 Å². The number of aromatic nitrogens is 2. The van der Waals surface area contributed by atoms with Gasteiger partial charge in [-0.1, -0.05) is 0 Å². The van der Waals surface area contributed by atoms with E-state index in [0.29, 0.717) is 5.03 Å². The van der Waals surface area contributed by atoms with E-state index in [-0.39, 0.29) is 5.69 Å². The average molecular weight is 171 g/mol. The van der Waals surface area contributed by atoms with Gasteiger partial charge in [-0.2, -0.15) is 5.10 Å². The number of nitro groups is 1. The van der Waals surface area contributed by atoms with Crippen LogP contribution in [0.5, 0.6) is 0 Å². The van der Waals surface area contributed by atoms with Gasteiger partial charge in [0.1, 0.15) is 0 Å². The summed E-state index contributed by atoms with van der Waals surface area (Å²) in [5.74, 6) is 0. The van der Waals surface area contributed by atoms with Crippen molar-refractivity contribution in [3.63, 3.8) is 0 Å². The van der Waals surface area contributed by atoms with Crippen LogP contribution in [-0.4, -0.2) is 21.4 Å². The lowest BCUT2D eigenvalue weighted by atomic mass is 10.5. The van der Waals surface area contributed by atoms with Crippen molar-refractivity contribution < 1.29 is 4.92 Å². The maximum Gasteiger partial charge on any atom is 0.304 e. The molecule has 0 aliphatic carbocycles. The smallest absolute Gasteiger partial charge is 0.258 e. The highest BCUT2D eigenvalue weighted by Crippen LogP contribution is 2.22. The van der Waals surface area contributed by atoms with Crippen LogP contribution in [0.15, 0.2) is 17.3 Å². The molecule has 0 saturated heterocycles. The second-order valence-electron chi connectivity index (χ2n) is 1.68. The third kappa shape index (κ3) is 1.64. The maximum atomic E-state index is 10.3. The Labute approximate surface area is 67.0 Å². The van der Waals surface area contributed by atoms with E-state index in [1.807, 2.05) is 0 Å². The summed E-state index contributed by atoms with van der Waals surface area (Å²) in [4.78, 5) is 9.83. The molecule has 0 fully saturated rings. The van der Waals surface area contributed by atoms with E-state index in [4.69, 9.17) is 0 Å². The zero-order valence-corrected chi connectivity index (χ0v) is 6.54. The molecule has 1 rings (SSSR count). The Bertz CT molecular complexity index is 278. The molecule has 0 saturated carbocycles. The molecule has 0 atom stereocenters. The molecule has 0 spiro atoms. The van der Waals surface area contributed by atoms with Crippen molar-refractivity contribution in [2.45, 2.75) is 5.03 Å². The van der Waals surface area contributed by atoms with Gasteiger partial charge < -0.3 is 0 Å². The van der Waals surface area contributed by atoms with Crippen LogP contribution in [0, 0.1) is 10.1 Å². The molecular weight excluding hydrogens is 166 g/mol. The number of rotatable bonds is 2. The van der Waals surface area contributed by atoms with Crippen molar-refractivity contribution in [3.05, 3.63) is 22.4 Å². The first-order chi connectivity index (χ1) is 5.25. The lowest BCUT2D eigenvalue weighted by molar-refractivity contribution is -0.388. The lowest BCUT2D eigenvalue weighted by Crippen LogP contribution is -1.93. The van der Waals surface area contributed by atoms with Crippen LogP contribution in [0.1, 0.15) is 0 Å². The number of thioether (sulfide) groups is 1. The van der Waals surface area contributed by atoms with E-state index in [0.717, 1.165) is 0 Å². The van der Waals surface area contributed by atoms with Crippen LogP contribution in [0.4, 0.5) is 5.69 Å². The standard InChI is InChI=1S/C5H5N3O2S/c1-11-5-4(8(9)10)2-3-6-7-5/h2-3H,1H3. The largest absolute Gasteiger partial charge is 0.304 e. The molecule has 0 amide bonds. The van der Waals surface area contributed by atoms with Crippen molar-refractivity contribution in [3.8, 4) is 0 Å². The summed E-state index contributed by atoms with van der Waals surface area (Å²) >= 11 is 1.21. The van der Waals surface area contributed by atoms with E-state index in [1.165, 1.54) is 24.0 Å². The minimum Gasteiger partial charge on any atom is -0.258 e. The molecule has 0 radical (unpaired) electrons. The first-order valence-corrected chi connectivity index (χ1v) is 3.98. The van der Waals surface area contributed by atoms with E-state index < -0.39 is 4.92 Å². The molecule has 0 bridgehead atoms. The predicted molar refractivity (Wildman–Crippen MR) is 40.5 cm³/mol. The third-order valence-corrected chi connectivity index (χ3v) is 1.73. The first-order valence-electron chi connectivity index (χ1n) is 2.75. The zero-order valence-electron chi connectivity index (χ0n) is 5.72. The van der Waals surface area contributed by atoms with Crippen LogP contribution >= 0.6 is 11.8 Å². The number of hydrogen-bond donors (Lipinski definition) is 0. The van der Waals surface area contributed by atoms with Crippen LogP contribution in [-0.2, 0) is 0 Å². The Kier molecular flexibility index (Phi) is 2.37. The number of nitrogens with zero attached hydrogens (tertiary/aromatic N) is 3. The van der Waals surface area contributed by atoms with Crippen molar-refractivity contribution >= 4 is 17.4 Å². The molecule has 1 aromatic rings. The number of hydrogen-bond acceptors (Lipinski definition) is 5. The molecule has 6 heteroatoms. The van der Waals surface area contributed by atoms with E-state index in [9.17, 15) is 10.1 Å². The van der Waals surface area contributed by atoms with Gasteiger partial charge in [0.15, 0.2) is 5.03 Å². The van der Waals surface area contributed by atoms with Gasteiger partial charge in [0.25, 0.3) is 0 Å². The molecule has 0 aliphatic heterocycles. The highest BCUT2D eigenvalue weighted by atomic mass is 32.2. The molecule has 1 aromatic heterocycles. The van der Waals surface area contributed by atoms with Gasteiger partial charge in [-0.15, -0.1) is 16.9 Å². The van der Waals surface area contributed by atoms with Crippen molar-refractivity contribution in [1.29, 1.82) is 0 Å². The summed E-state index contributed by atoms with van der Waals surface area (Å²) in [7, 11) is 0. The van der Waals surface area contributed by atoms with Crippen molar-refractivity contribution in [2.75, 3.05) is 6.26 Å². The Morgan fingerprint density at radius 3 is 2.91 bits per heavy atom. The average Bonchev–Trinajstić information content (AvgIpc) is 2.04. The summed E-state index contributed by atoms with van der Waals surface area (Å²) in [6.45, 7) is 0. The normalized spacial score (nSPS) is 9.55. The van der Waals surface area contributed by atoms with Crippen molar-refractivity contribution in [2.24, 2.45) is 0 Å². The Hall–Kier alpha value is -1.17. The SMILES string of the molecule is CSc1nnccc1[N+](=O)[O-]. The van der Waals surface area contributed by atoms with Gasteiger partial charge in [-0.25, -0.2) is 0 Å². The van der Waals surface area contributed by atoms with Gasteiger partial charge >= 0.3 is 5.69 Å². The fourth-order valence-corrected chi connectivity index (χ4v) is 1.08. The summed E-state index contributed by atoms with van der Waals surface area (Å²) in [6, 6.07) is 1.33. The molecule has 5 nitrogen and oxygen atoms in total. The Morgan fingerprint density at radius 2 is 2.45 bits per heavy atom. The summed E-state index contributed by atoms with van der Waals surface area (Å²) < 4.78 is 0. The van der Waals surface area contributed by atoms with Crippen molar-refractivity contribution in [1.82, 2.24) is 10.2 Å². The minimum absolute atomic E-state index is 0.00694. The first kappa shape index (κ1) is 7.93. The second kappa shape index (κ2) is 3.29. The molecule has 58 valence electrons. The fraction of sp³-hybridized carbons (Fsp3) is 0.200. The second-order valence-corrected chi connectivity index (χ2v) is 2.48. The molecular formula is C5H5N3O2S. The highest BCUT2D eigenvalue weighted by Gasteiger charge is 2.12. The molecule has 1 heterocycles. The summed E-state index contributed by atoms with van der Waals surface area (Å²) in [5.41, 5.74) is 0.00694. The van der Waals surface area contributed by atoms with Gasteiger partial charge in [-0.3, -0.25) is 10.1 Å². The predicted octanol–water partition coefficient (Wildman–Crippen LogP) is 1.11. The molecule has 0 aliphatic rings. The topological polar surface area (TPSA) is 68.9 Å². The van der Waals surface area contributed by atoms with Crippen LogP contribution in [0.2, 0.25) is 0 Å². The Morgan fingerprint density at radius 1 is 1.73 bits per heavy atom. The van der Waals surface area contributed by atoms with Gasteiger partial charge in [-0.05, 0) is 6.26 Å². The molecule has 0 unspecified atom stereocenters. The van der Waals surface area contributed by atoms with E-state index in [1.54, 1.807) is 6.26 Å². The lowest BCUT2D eigenvalue weighted by Gasteiger charge is -1.93. The quantitative estimate of drug-likeness (QED) is 0.378. The zero-order chi connectivity index (χ0) is 8.27. The summed E-state index contributed by atoms with van der Waals surface area (Å²) in [6.07, 6.45) is 3.02.